The molecule has 0 aromatic rings. The van der Waals surface area contributed by atoms with Crippen molar-refractivity contribution in [3.8, 4) is 0 Å². The molecule has 2 rings (SSSR count). The summed E-state index contributed by atoms with van der Waals surface area (Å²) in [4.78, 5) is 20.6. The lowest BCUT2D eigenvalue weighted by Crippen LogP contribution is -2.43. The van der Waals surface area contributed by atoms with Gasteiger partial charge in [-0.15, -0.1) is 0 Å². The highest BCUT2D eigenvalue weighted by Crippen LogP contribution is 2.09. The Morgan fingerprint density at radius 3 is 3.23 bits per heavy atom. The SMILES string of the molecule is NC(=O)N1CC=C2C=NCN=C2C1. The molecule has 0 aliphatic carbocycles. The van der Waals surface area contributed by atoms with Gasteiger partial charge in [0.25, 0.3) is 0 Å². The molecule has 68 valence electrons. The lowest BCUT2D eigenvalue weighted by molar-refractivity contribution is 0.218. The molecule has 0 fully saturated rings. The van der Waals surface area contributed by atoms with Gasteiger partial charge in [0.1, 0.15) is 6.67 Å². The van der Waals surface area contributed by atoms with Crippen LogP contribution in [-0.2, 0) is 0 Å². The summed E-state index contributed by atoms with van der Waals surface area (Å²) < 4.78 is 0. The molecule has 0 bridgehead atoms. The molecule has 0 unspecified atom stereocenters. The number of hydrogen-bond acceptors (Lipinski definition) is 3. The van der Waals surface area contributed by atoms with Crippen molar-refractivity contribution in [2.45, 2.75) is 0 Å². The number of primary amides is 1. The Morgan fingerprint density at radius 1 is 1.62 bits per heavy atom. The zero-order chi connectivity index (χ0) is 9.26. The Balaban J connectivity index is 2.21. The van der Waals surface area contributed by atoms with E-state index in [9.17, 15) is 4.79 Å². The Kier molecular flexibility index (Phi) is 1.84. The normalized spacial score (nSPS) is 20.5. The predicted octanol–water partition coefficient (Wildman–Crippen LogP) is -0.210. The van der Waals surface area contributed by atoms with Crippen molar-refractivity contribution in [2.24, 2.45) is 15.7 Å². The van der Waals surface area contributed by atoms with E-state index >= 15 is 0 Å². The fourth-order valence-corrected chi connectivity index (χ4v) is 1.36. The van der Waals surface area contributed by atoms with Gasteiger partial charge in [0, 0.05) is 18.3 Å². The molecule has 0 spiro atoms. The number of rotatable bonds is 0. The molecule has 2 aliphatic rings. The summed E-state index contributed by atoms with van der Waals surface area (Å²) in [5, 5.41) is 0. The summed E-state index contributed by atoms with van der Waals surface area (Å²) in [6.07, 6.45) is 3.70. The van der Waals surface area contributed by atoms with Crippen molar-refractivity contribution in [1.82, 2.24) is 4.90 Å². The monoisotopic (exact) mass is 178 g/mol. The van der Waals surface area contributed by atoms with Crippen LogP contribution in [0.2, 0.25) is 0 Å². The first-order valence-corrected chi connectivity index (χ1v) is 4.05. The summed E-state index contributed by atoms with van der Waals surface area (Å²) in [7, 11) is 0. The highest BCUT2D eigenvalue weighted by Gasteiger charge is 2.20. The minimum atomic E-state index is -0.402. The quantitative estimate of drug-likeness (QED) is 0.547. The number of nitrogens with two attached hydrogens (primary N) is 1. The number of urea groups is 1. The molecule has 0 atom stereocenters. The summed E-state index contributed by atoms with van der Waals surface area (Å²) in [6.45, 7) is 1.52. The van der Waals surface area contributed by atoms with Gasteiger partial charge in [0.15, 0.2) is 0 Å². The minimum Gasteiger partial charge on any atom is -0.351 e. The standard InChI is InChI=1S/C8H10N4O/c9-8(13)12-2-1-6-3-10-5-11-7(6)4-12/h1,3H,2,4-5H2,(H2,9,13). The van der Waals surface area contributed by atoms with Crippen molar-refractivity contribution in [3.63, 3.8) is 0 Å². The first-order chi connectivity index (χ1) is 6.27. The van der Waals surface area contributed by atoms with Crippen LogP contribution >= 0.6 is 0 Å². The number of carbonyl (C=O) groups is 1. The number of aliphatic imine (C=N–C) groups is 2. The highest BCUT2D eigenvalue weighted by atomic mass is 16.2. The molecule has 0 aromatic carbocycles. The van der Waals surface area contributed by atoms with E-state index in [4.69, 9.17) is 5.73 Å². The van der Waals surface area contributed by atoms with Crippen LogP contribution < -0.4 is 5.73 Å². The molecule has 2 heterocycles. The smallest absolute Gasteiger partial charge is 0.315 e. The zero-order valence-corrected chi connectivity index (χ0v) is 7.10. The van der Waals surface area contributed by atoms with E-state index in [2.05, 4.69) is 9.98 Å². The van der Waals surface area contributed by atoms with E-state index in [1.165, 1.54) is 0 Å². The van der Waals surface area contributed by atoms with Crippen LogP contribution in [0.5, 0.6) is 0 Å². The predicted molar refractivity (Wildman–Crippen MR) is 50.0 cm³/mol. The average molecular weight is 178 g/mol. The molecule has 5 heteroatoms. The number of fused-ring (bicyclic) bond motifs is 1. The molecular weight excluding hydrogens is 168 g/mol. The van der Waals surface area contributed by atoms with Crippen LogP contribution in [0.1, 0.15) is 0 Å². The van der Waals surface area contributed by atoms with E-state index in [0.29, 0.717) is 19.8 Å². The third-order valence-corrected chi connectivity index (χ3v) is 2.09. The first-order valence-electron chi connectivity index (χ1n) is 4.05. The van der Waals surface area contributed by atoms with E-state index < -0.39 is 6.03 Å². The van der Waals surface area contributed by atoms with Gasteiger partial charge in [-0.3, -0.25) is 9.98 Å². The number of carbonyl (C=O) groups excluding carboxylic acids is 1. The third-order valence-electron chi connectivity index (χ3n) is 2.09. The average Bonchev–Trinajstić information content (AvgIpc) is 2.17. The van der Waals surface area contributed by atoms with Crippen LogP contribution in [-0.4, -0.2) is 42.6 Å². The summed E-state index contributed by atoms with van der Waals surface area (Å²) in [5.74, 6) is 0. The van der Waals surface area contributed by atoms with Gasteiger partial charge >= 0.3 is 6.03 Å². The highest BCUT2D eigenvalue weighted by molar-refractivity contribution is 6.19. The van der Waals surface area contributed by atoms with E-state index in [-0.39, 0.29) is 0 Å². The fourth-order valence-electron chi connectivity index (χ4n) is 1.36. The Morgan fingerprint density at radius 2 is 2.46 bits per heavy atom. The van der Waals surface area contributed by atoms with Gasteiger partial charge < -0.3 is 10.6 Å². The topological polar surface area (TPSA) is 71.1 Å². The molecule has 2 amide bonds. The van der Waals surface area contributed by atoms with Crippen LogP contribution in [0.25, 0.3) is 0 Å². The van der Waals surface area contributed by atoms with E-state index in [1.807, 2.05) is 6.08 Å². The summed E-state index contributed by atoms with van der Waals surface area (Å²) in [5.41, 5.74) is 7.08. The van der Waals surface area contributed by atoms with E-state index in [0.717, 1.165) is 11.3 Å². The molecule has 5 nitrogen and oxygen atoms in total. The summed E-state index contributed by atoms with van der Waals surface area (Å²) in [6, 6.07) is -0.402. The van der Waals surface area contributed by atoms with E-state index in [1.54, 1.807) is 11.1 Å². The Labute approximate surface area is 75.6 Å². The first kappa shape index (κ1) is 7.97. The van der Waals surface area contributed by atoms with Crippen LogP contribution in [0.3, 0.4) is 0 Å². The third kappa shape index (κ3) is 1.44. The molecule has 2 aliphatic heterocycles. The number of amides is 2. The van der Waals surface area contributed by atoms with Crippen LogP contribution in [0, 0.1) is 0 Å². The lowest BCUT2D eigenvalue weighted by Gasteiger charge is -2.25. The van der Waals surface area contributed by atoms with Crippen LogP contribution in [0.15, 0.2) is 21.6 Å². The second-order valence-corrected chi connectivity index (χ2v) is 2.94. The second-order valence-electron chi connectivity index (χ2n) is 2.94. The largest absolute Gasteiger partial charge is 0.351 e. The van der Waals surface area contributed by atoms with Gasteiger partial charge in [0.05, 0.1) is 12.3 Å². The van der Waals surface area contributed by atoms with Gasteiger partial charge in [0.2, 0.25) is 0 Å². The molecule has 0 saturated heterocycles. The van der Waals surface area contributed by atoms with Crippen molar-refractivity contribution < 1.29 is 4.79 Å². The molecule has 0 saturated carbocycles. The van der Waals surface area contributed by atoms with Gasteiger partial charge in [-0.2, -0.15) is 0 Å². The van der Waals surface area contributed by atoms with Crippen molar-refractivity contribution in [1.29, 1.82) is 0 Å². The van der Waals surface area contributed by atoms with Gasteiger partial charge in [-0.25, -0.2) is 4.79 Å². The lowest BCUT2D eigenvalue weighted by atomic mass is 10.1. The van der Waals surface area contributed by atoms with Gasteiger partial charge in [-0.1, -0.05) is 6.08 Å². The number of hydrogen-bond donors (Lipinski definition) is 1. The Bertz CT molecular complexity index is 329. The van der Waals surface area contributed by atoms with Crippen molar-refractivity contribution in [2.75, 3.05) is 19.8 Å². The molecular formula is C8H10N4O. The maximum atomic E-state index is 10.9. The van der Waals surface area contributed by atoms with Crippen molar-refractivity contribution >= 4 is 18.0 Å². The zero-order valence-electron chi connectivity index (χ0n) is 7.10. The van der Waals surface area contributed by atoms with Gasteiger partial charge in [-0.05, 0) is 0 Å². The Hall–Kier alpha value is -1.65. The van der Waals surface area contributed by atoms with Crippen LogP contribution in [0.4, 0.5) is 4.79 Å². The molecule has 2 N–H and O–H groups in total. The van der Waals surface area contributed by atoms with Crippen molar-refractivity contribution in [3.05, 3.63) is 11.6 Å². The minimum absolute atomic E-state index is 0.402. The molecule has 0 aromatic heterocycles. The molecule has 13 heavy (non-hydrogen) atoms. The summed E-state index contributed by atoms with van der Waals surface area (Å²) >= 11 is 0. The number of nitrogens with zero attached hydrogens (tertiary/aromatic N) is 3. The maximum Gasteiger partial charge on any atom is 0.315 e. The maximum absolute atomic E-state index is 10.9. The molecule has 0 radical (unpaired) electrons. The second kappa shape index (κ2) is 3.01. The fraction of sp³-hybridized carbons (Fsp3) is 0.375.